The van der Waals surface area contributed by atoms with Crippen molar-refractivity contribution in [1.29, 1.82) is 0 Å². The molecule has 0 aliphatic heterocycles. The normalized spacial score (nSPS) is 13.2. The van der Waals surface area contributed by atoms with Crippen molar-refractivity contribution in [3.05, 3.63) is 40.7 Å². The van der Waals surface area contributed by atoms with Crippen LogP contribution in [0.4, 0.5) is 0 Å². The molecule has 0 aliphatic rings. The van der Waals surface area contributed by atoms with Crippen LogP contribution in [0.5, 0.6) is 0 Å². The van der Waals surface area contributed by atoms with Gasteiger partial charge in [0.25, 0.3) is 0 Å². The van der Waals surface area contributed by atoms with E-state index < -0.39 is 0 Å². The lowest BCUT2D eigenvalue weighted by atomic mass is 10.3. The van der Waals surface area contributed by atoms with E-state index in [4.69, 9.17) is 0 Å². The molecule has 6 heteroatoms. The highest BCUT2D eigenvalue weighted by molar-refractivity contribution is 7.17. The predicted molar refractivity (Wildman–Crippen MR) is 76.4 cm³/mol. The molecule has 5 nitrogen and oxygen atoms in total. The Morgan fingerprint density at radius 3 is 3.05 bits per heavy atom. The number of hydrogen-bond donors (Lipinski definition) is 2. The molecule has 0 spiro atoms. The Labute approximate surface area is 115 Å². The number of imidazole rings is 2. The Balaban J connectivity index is 1.79. The molecule has 0 saturated heterocycles. The number of nitrogens with zero attached hydrogens (tertiary/aromatic N) is 3. The van der Waals surface area contributed by atoms with E-state index in [1.54, 1.807) is 17.5 Å². The van der Waals surface area contributed by atoms with Crippen molar-refractivity contribution < 1.29 is 0 Å². The molecule has 0 saturated carbocycles. The fourth-order valence-corrected chi connectivity index (χ4v) is 3.07. The first-order valence-corrected chi connectivity index (χ1v) is 7.13. The zero-order valence-electron chi connectivity index (χ0n) is 11.3. The lowest BCUT2D eigenvalue weighted by Gasteiger charge is -2.11. The van der Waals surface area contributed by atoms with Crippen LogP contribution in [0, 0.1) is 13.8 Å². The molecule has 19 heavy (non-hydrogen) atoms. The first-order chi connectivity index (χ1) is 9.15. The van der Waals surface area contributed by atoms with Crippen LogP contribution in [0.15, 0.2) is 18.6 Å². The second-order valence-electron chi connectivity index (χ2n) is 4.72. The van der Waals surface area contributed by atoms with Crippen LogP contribution in [0.3, 0.4) is 0 Å². The maximum Gasteiger partial charge on any atom is 0.194 e. The molecule has 0 fully saturated rings. The van der Waals surface area contributed by atoms with Crippen molar-refractivity contribution in [2.45, 2.75) is 33.4 Å². The van der Waals surface area contributed by atoms with Crippen LogP contribution in [-0.2, 0) is 6.54 Å². The number of fused-ring (bicyclic) bond motifs is 1. The summed E-state index contributed by atoms with van der Waals surface area (Å²) in [6.07, 6.45) is 5.77. The summed E-state index contributed by atoms with van der Waals surface area (Å²) in [6.45, 7) is 7.05. The Kier molecular flexibility index (Phi) is 3.12. The van der Waals surface area contributed by atoms with Crippen LogP contribution in [0.25, 0.3) is 4.96 Å². The molecule has 3 aromatic rings. The Bertz CT molecular complexity index is 679. The molecule has 3 aromatic heterocycles. The lowest BCUT2D eigenvalue weighted by molar-refractivity contribution is 0.542. The maximum atomic E-state index is 4.59. The van der Waals surface area contributed by atoms with E-state index in [1.807, 2.05) is 6.20 Å². The van der Waals surface area contributed by atoms with Gasteiger partial charge in [-0.05, 0) is 20.8 Å². The molecule has 3 heterocycles. The van der Waals surface area contributed by atoms with Crippen LogP contribution in [0.1, 0.15) is 35.1 Å². The second-order valence-corrected chi connectivity index (χ2v) is 5.93. The number of aromatic nitrogens is 4. The van der Waals surface area contributed by atoms with Gasteiger partial charge in [-0.2, -0.15) is 0 Å². The van der Waals surface area contributed by atoms with Gasteiger partial charge in [-0.15, -0.1) is 11.3 Å². The summed E-state index contributed by atoms with van der Waals surface area (Å²) in [7, 11) is 0. The molecule has 0 radical (unpaired) electrons. The van der Waals surface area contributed by atoms with E-state index in [1.165, 1.54) is 10.6 Å². The van der Waals surface area contributed by atoms with E-state index in [2.05, 4.69) is 51.6 Å². The molecule has 100 valence electrons. The quantitative estimate of drug-likeness (QED) is 0.769. The molecule has 1 atom stereocenters. The monoisotopic (exact) mass is 275 g/mol. The minimum Gasteiger partial charge on any atom is -0.347 e. The number of aromatic amines is 1. The fraction of sp³-hybridized carbons (Fsp3) is 0.385. The van der Waals surface area contributed by atoms with E-state index in [9.17, 15) is 0 Å². The van der Waals surface area contributed by atoms with Gasteiger partial charge in [-0.25, -0.2) is 9.97 Å². The summed E-state index contributed by atoms with van der Waals surface area (Å²) in [5, 5.41) is 3.48. The van der Waals surface area contributed by atoms with Gasteiger partial charge >= 0.3 is 0 Å². The Morgan fingerprint density at radius 1 is 1.47 bits per heavy atom. The average Bonchev–Trinajstić information content (AvgIpc) is 3.03. The third-order valence-corrected chi connectivity index (χ3v) is 4.14. The van der Waals surface area contributed by atoms with Crippen LogP contribution < -0.4 is 5.32 Å². The average molecular weight is 275 g/mol. The van der Waals surface area contributed by atoms with Gasteiger partial charge in [0, 0.05) is 30.0 Å². The standard InChI is InChI=1S/C13H17N5S/c1-8-7-18-11(9(2)17-13(18)19-8)6-16-10(3)12-14-4-5-15-12/h4-5,7,10,16H,6H2,1-3H3,(H,14,15). The zero-order chi connectivity index (χ0) is 13.4. The van der Waals surface area contributed by atoms with Gasteiger partial charge in [0.05, 0.1) is 17.4 Å². The third kappa shape index (κ3) is 2.29. The highest BCUT2D eigenvalue weighted by atomic mass is 32.1. The highest BCUT2D eigenvalue weighted by Gasteiger charge is 2.13. The van der Waals surface area contributed by atoms with E-state index in [0.29, 0.717) is 0 Å². The first-order valence-electron chi connectivity index (χ1n) is 6.32. The fourth-order valence-electron chi connectivity index (χ4n) is 2.18. The van der Waals surface area contributed by atoms with Crippen molar-refractivity contribution in [2.24, 2.45) is 0 Å². The molecule has 0 amide bonds. The molecular weight excluding hydrogens is 258 g/mol. The van der Waals surface area contributed by atoms with Crippen LogP contribution in [-0.4, -0.2) is 19.4 Å². The van der Waals surface area contributed by atoms with Gasteiger partial charge < -0.3 is 10.3 Å². The smallest absolute Gasteiger partial charge is 0.194 e. The first kappa shape index (κ1) is 12.4. The van der Waals surface area contributed by atoms with Crippen molar-refractivity contribution in [3.8, 4) is 0 Å². The van der Waals surface area contributed by atoms with Crippen molar-refractivity contribution in [1.82, 2.24) is 24.7 Å². The summed E-state index contributed by atoms with van der Waals surface area (Å²) < 4.78 is 2.18. The summed E-state index contributed by atoms with van der Waals surface area (Å²) in [4.78, 5) is 14.3. The summed E-state index contributed by atoms with van der Waals surface area (Å²) in [6, 6.07) is 0.194. The van der Waals surface area contributed by atoms with Gasteiger partial charge in [0.15, 0.2) is 4.96 Å². The molecule has 0 aromatic carbocycles. The number of nitrogens with one attached hydrogen (secondary N) is 2. The summed E-state index contributed by atoms with van der Waals surface area (Å²) in [5.41, 5.74) is 2.31. The highest BCUT2D eigenvalue weighted by Crippen LogP contribution is 2.21. The summed E-state index contributed by atoms with van der Waals surface area (Å²) in [5.74, 6) is 0.958. The van der Waals surface area contributed by atoms with Crippen LogP contribution >= 0.6 is 11.3 Å². The number of rotatable bonds is 4. The molecule has 0 bridgehead atoms. The largest absolute Gasteiger partial charge is 0.347 e. The van der Waals surface area contributed by atoms with Gasteiger partial charge in [0.2, 0.25) is 0 Å². The maximum absolute atomic E-state index is 4.59. The van der Waals surface area contributed by atoms with E-state index in [0.717, 1.165) is 23.0 Å². The predicted octanol–water partition coefficient (Wildman–Crippen LogP) is 2.59. The van der Waals surface area contributed by atoms with Crippen molar-refractivity contribution >= 4 is 16.3 Å². The molecule has 0 aliphatic carbocycles. The number of hydrogen-bond acceptors (Lipinski definition) is 4. The topological polar surface area (TPSA) is 58.0 Å². The molecular formula is C13H17N5S. The minimum atomic E-state index is 0.194. The molecule has 2 N–H and O–H groups in total. The second kappa shape index (κ2) is 4.79. The van der Waals surface area contributed by atoms with Crippen molar-refractivity contribution in [2.75, 3.05) is 0 Å². The lowest BCUT2D eigenvalue weighted by Crippen LogP contribution is -2.20. The van der Waals surface area contributed by atoms with Crippen LogP contribution in [0.2, 0.25) is 0 Å². The number of H-pyrrole nitrogens is 1. The van der Waals surface area contributed by atoms with Gasteiger partial charge in [0.1, 0.15) is 5.82 Å². The summed E-state index contributed by atoms with van der Waals surface area (Å²) >= 11 is 1.72. The zero-order valence-corrected chi connectivity index (χ0v) is 12.1. The number of thiazole rings is 1. The molecule has 1 unspecified atom stereocenters. The van der Waals surface area contributed by atoms with Gasteiger partial charge in [-0.1, -0.05) is 0 Å². The van der Waals surface area contributed by atoms with Gasteiger partial charge in [-0.3, -0.25) is 4.40 Å². The minimum absolute atomic E-state index is 0.194. The molecule has 3 rings (SSSR count). The van der Waals surface area contributed by atoms with E-state index >= 15 is 0 Å². The Hall–Kier alpha value is -1.66. The number of aryl methyl sites for hydroxylation is 2. The van der Waals surface area contributed by atoms with E-state index in [-0.39, 0.29) is 6.04 Å². The van der Waals surface area contributed by atoms with Crippen molar-refractivity contribution in [3.63, 3.8) is 0 Å². The SMILES string of the molecule is Cc1cn2c(CNC(C)c3ncc[nH]3)c(C)nc2s1. The Morgan fingerprint density at radius 2 is 2.32 bits per heavy atom. The third-order valence-electron chi connectivity index (χ3n) is 3.25.